The number of methoxy groups -OCH3 is 2. The van der Waals surface area contributed by atoms with Crippen molar-refractivity contribution in [2.75, 3.05) is 14.2 Å². The Morgan fingerprint density at radius 2 is 1.65 bits per heavy atom. The summed E-state index contributed by atoms with van der Waals surface area (Å²) < 4.78 is 10.7. The molecule has 6 nitrogen and oxygen atoms in total. The van der Waals surface area contributed by atoms with Crippen molar-refractivity contribution in [3.8, 4) is 11.5 Å². The van der Waals surface area contributed by atoms with Gasteiger partial charge in [-0.05, 0) is 17.0 Å². The van der Waals surface area contributed by atoms with Gasteiger partial charge in [0.15, 0.2) is 17.3 Å². The first-order chi connectivity index (χ1) is 14.6. The fraction of sp³-hybridized carbons (Fsp3) is 0.440. The van der Waals surface area contributed by atoms with Crippen LogP contribution in [0.15, 0.2) is 41.2 Å². The van der Waals surface area contributed by atoms with Gasteiger partial charge in [0.05, 0.1) is 25.1 Å². The molecule has 6 heteroatoms. The molecule has 31 heavy (non-hydrogen) atoms. The van der Waals surface area contributed by atoms with Crippen LogP contribution in [-0.2, 0) is 12.0 Å². The highest BCUT2D eigenvalue weighted by Gasteiger charge is 2.21. The first kappa shape index (κ1) is 22.8. The summed E-state index contributed by atoms with van der Waals surface area (Å²) in [6.45, 7) is 11.7. The molecule has 1 heterocycles. The molecule has 0 bridgehead atoms. The standard InChI is InChI=1S/C25H33N3O3/c1-15(2)23(16-8-10-17(11-9-16)25(3,4)5)26-14-22-27-19-13-21(31-7)20(30-6)12-18(19)24(29)28-22/h8-13,15,23,26H,14H2,1-7H3,(H,27,28,29)/p+1/t23-/m0/s1. The molecule has 0 aliphatic carbocycles. The summed E-state index contributed by atoms with van der Waals surface area (Å²) in [5, 5.41) is 2.72. The van der Waals surface area contributed by atoms with Crippen molar-refractivity contribution in [3.05, 3.63) is 63.7 Å². The van der Waals surface area contributed by atoms with Gasteiger partial charge in [0, 0.05) is 17.5 Å². The smallest absolute Gasteiger partial charge is 0.259 e. The number of ether oxygens (including phenoxy) is 2. The maximum atomic E-state index is 12.6. The van der Waals surface area contributed by atoms with E-state index in [4.69, 9.17) is 9.47 Å². The molecule has 0 aliphatic heterocycles. The second kappa shape index (κ2) is 9.10. The number of nitrogens with one attached hydrogen (secondary N) is 1. The van der Waals surface area contributed by atoms with Crippen LogP contribution in [0.25, 0.3) is 10.9 Å². The van der Waals surface area contributed by atoms with Gasteiger partial charge < -0.3 is 19.8 Å². The minimum atomic E-state index is -0.176. The third-order valence-electron chi connectivity index (χ3n) is 5.70. The zero-order chi connectivity index (χ0) is 22.8. The molecule has 0 fully saturated rings. The summed E-state index contributed by atoms with van der Waals surface area (Å²) in [7, 11) is 3.12. The highest BCUT2D eigenvalue weighted by Crippen LogP contribution is 2.30. The Balaban J connectivity index is 1.86. The Kier molecular flexibility index (Phi) is 6.70. The maximum Gasteiger partial charge on any atom is 0.259 e. The summed E-state index contributed by atoms with van der Waals surface area (Å²) in [5.74, 6) is 2.14. The van der Waals surface area contributed by atoms with Gasteiger partial charge in [0.25, 0.3) is 5.56 Å². The number of quaternary nitrogens is 1. The maximum absolute atomic E-state index is 12.6. The van der Waals surface area contributed by atoms with Gasteiger partial charge in [-0.1, -0.05) is 58.9 Å². The Morgan fingerprint density at radius 3 is 2.19 bits per heavy atom. The largest absolute Gasteiger partial charge is 0.493 e. The van der Waals surface area contributed by atoms with Gasteiger partial charge in [-0.25, -0.2) is 4.98 Å². The zero-order valence-corrected chi connectivity index (χ0v) is 19.6. The van der Waals surface area contributed by atoms with E-state index in [1.54, 1.807) is 26.4 Å². The van der Waals surface area contributed by atoms with E-state index in [0.29, 0.717) is 40.7 Å². The van der Waals surface area contributed by atoms with Crippen LogP contribution in [0.5, 0.6) is 11.5 Å². The predicted octanol–water partition coefficient (Wildman–Crippen LogP) is 3.70. The minimum absolute atomic E-state index is 0.133. The van der Waals surface area contributed by atoms with Gasteiger partial charge in [0.2, 0.25) is 0 Å². The first-order valence-electron chi connectivity index (χ1n) is 10.7. The van der Waals surface area contributed by atoms with Crippen molar-refractivity contribution in [1.82, 2.24) is 9.97 Å². The van der Waals surface area contributed by atoms with Crippen molar-refractivity contribution in [3.63, 3.8) is 0 Å². The molecule has 0 amide bonds. The molecular formula is C25H34N3O3+. The third kappa shape index (κ3) is 5.07. The van der Waals surface area contributed by atoms with Crippen LogP contribution in [0.3, 0.4) is 0 Å². The number of nitrogens with two attached hydrogens (primary N) is 1. The van der Waals surface area contributed by atoms with Crippen molar-refractivity contribution in [1.29, 1.82) is 0 Å². The Hall–Kier alpha value is -2.86. The Bertz CT molecular complexity index is 1100. The number of fused-ring (bicyclic) bond motifs is 1. The zero-order valence-electron chi connectivity index (χ0n) is 19.6. The fourth-order valence-corrected chi connectivity index (χ4v) is 3.85. The molecule has 3 rings (SSSR count). The van der Waals surface area contributed by atoms with Crippen LogP contribution < -0.4 is 20.3 Å². The first-order valence-corrected chi connectivity index (χ1v) is 10.7. The van der Waals surface area contributed by atoms with E-state index in [-0.39, 0.29) is 17.0 Å². The topological polar surface area (TPSA) is 80.8 Å². The Labute approximate surface area is 184 Å². The van der Waals surface area contributed by atoms with E-state index in [2.05, 4.69) is 74.2 Å². The van der Waals surface area contributed by atoms with Crippen LogP contribution in [0.2, 0.25) is 0 Å². The Morgan fingerprint density at radius 1 is 1.03 bits per heavy atom. The van der Waals surface area contributed by atoms with E-state index in [0.717, 1.165) is 0 Å². The number of hydrogen-bond donors (Lipinski definition) is 2. The molecule has 0 unspecified atom stereocenters. The normalized spacial score (nSPS) is 12.9. The molecule has 3 aromatic rings. The number of aromatic amines is 1. The summed E-state index contributed by atoms with van der Waals surface area (Å²) >= 11 is 0. The van der Waals surface area contributed by atoms with Crippen molar-refractivity contribution < 1.29 is 14.8 Å². The van der Waals surface area contributed by atoms with E-state index in [1.807, 2.05) is 0 Å². The SMILES string of the molecule is COc1cc2nc(C[NH2+][C@H](c3ccc(C(C)(C)C)cc3)C(C)C)[nH]c(=O)c2cc1OC. The van der Waals surface area contributed by atoms with Crippen LogP contribution >= 0.6 is 0 Å². The molecule has 0 saturated carbocycles. The van der Waals surface area contributed by atoms with Crippen molar-refractivity contribution >= 4 is 10.9 Å². The summed E-state index contributed by atoms with van der Waals surface area (Å²) in [5.41, 5.74) is 3.15. The van der Waals surface area contributed by atoms with E-state index in [9.17, 15) is 4.79 Å². The quantitative estimate of drug-likeness (QED) is 0.606. The second-order valence-electron chi connectivity index (χ2n) is 9.32. The number of nitrogens with zero attached hydrogens (tertiary/aromatic N) is 1. The molecular weight excluding hydrogens is 390 g/mol. The highest BCUT2D eigenvalue weighted by molar-refractivity contribution is 5.81. The van der Waals surface area contributed by atoms with Crippen LogP contribution in [0.4, 0.5) is 0 Å². The number of rotatable bonds is 7. The fourth-order valence-electron chi connectivity index (χ4n) is 3.85. The van der Waals surface area contributed by atoms with Gasteiger partial charge >= 0.3 is 0 Å². The van der Waals surface area contributed by atoms with Crippen LogP contribution in [-0.4, -0.2) is 24.2 Å². The van der Waals surface area contributed by atoms with Gasteiger partial charge in [-0.15, -0.1) is 0 Å². The molecule has 0 radical (unpaired) electrons. The highest BCUT2D eigenvalue weighted by atomic mass is 16.5. The van der Waals surface area contributed by atoms with Gasteiger partial charge in [0.1, 0.15) is 12.6 Å². The monoisotopic (exact) mass is 424 g/mol. The molecule has 1 atom stereocenters. The lowest BCUT2D eigenvalue weighted by molar-refractivity contribution is -0.718. The summed E-state index contributed by atoms with van der Waals surface area (Å²) in [4.78, 5) is 20.2. The minimum Gasteiger partial charge on any atom is -0.493 e. The summed E-state index contributed by atoms with van der Waals surface area (Å²) in [6, 6.07) is 12.5. The van der Waals surface area contributed by atoms with Crippen LogP contribution in [0.1, 0.15) is 57.6 Å². The molecule has 0 spiro atoms. The van der Waals surface area contributed by atoms with Gasteiger partial charge in [-0.3, -0.25) is 4.79 Å². The lowest BCUT2D eigenvalue weighted by Crippen LogP contribution is -2.85. The van der Waals surface area contributed by atoms with Crippen molar-refractivity contribution in [2.45, 2.75) is 52.6 Å². The molecule has 0 aliphatic rings. The average molecular weight is 425 g/mol. The van der Waals surface area contributed by atoms with Crippen molar-refractivity contribution in [2.24, 2.45) is 5.92 Å². The third-order valence-corrected chi connectivity index (χ3v) is 5.70. The lowest BCUT2D eigenvalue weighted by Gasteiger charge is -2.22. The number of hydrogen-bond acceptors (Lipinski definition) is 4. The van der Waals surface area contributed by atoms with Gasteiger partial charge in [-0.2, -0.15) is 0 Å². The number of benzene rings is 2. The van der Waals surface area contributed by atoms with E-state index < -0.39 is 0 Å². The molecule has 0 saturated heterocycles. The van der Waals surface area contributed by atoms with Crippen LogP contribution in [0, 0.1) is 5.92 Å². The molecule has 3 N–H and O–H groups in total. The average Bonchev–Trinajstić information content (AvgIpc) is 2.72. The summed E-state index contributed by atoms with van der Waals surface area (Å²) in [6.07, 6.45) is 0. The molecule has 166 valence electrons. The number of H-pyrrole nitrogens is 1. The number of aromatic nitrogens is 2. The van der Waals surface area contributed by atoms with E-state index >= 15 is 0 Å². The molecule has 1 aromatic heterocycles. The molecule has 2 aromatic carbocycles. The second-order valence-corrected chi connectivity index (χ2v) is 9.32. The predicted molar refractivity (Wildman–Crippen MR) is 124 cm³/mol. The lowest BCUT2D eigenvalue weighted by atomic mass is 9.85. The van der Waals surface area contributed by atoms with E-state index in [1.165, 1.54) is 11.1 Å².